The summed E-state index contributed by atoms with van der Waals surface area (Å²) < 4.78 is 5.34. The van der Waals surface area contributed by atoms with Gasteiger partial charge in [0.15, 0.2) is 17.7 Å². The number of halogens is 1. The van der Waals surface area contributed by atoms with Crippen molar-refractivity contribution in [1.29, 1.82) is 0 Å². The third kappa shape index (κ3) is 4.24. The molecule has 0 aromatic heterocycles. The van der Waals surface area contributed by atoms with Gasteiger partial charge in [0.25, 0.3) is 0 Å². The molecule has 0 fully saturated rings. The number of carbonyl (C=O) groups excluding carboxylic acids is 4. The summed E-state index contributed by atoms with van der Waals surface area (Å²) in [5.41, 5.74) is 3.32. The van der Waals surface area contributed by atoms with Crippen LogP contribution in [0.5, 0.6) is 0 Å². The summed E-state index contributed by atoms with van der Waals surface area (Å²) in [5.74, 6) is -2.79. The van der Waals surface area contributed by atoms with Crippen molar-refractivity contribution in [2.24, 2.45) is 0 Å². The summed E-state index contributed by atoms with van der Waals surface area (Å²) >= 11 is 6.18. The van der Waals surface area contributed by atoms with Crippen molar-refractivity contribution in [2.75, 3.05) is 0 Å². The van der Waals surface area contributed by atoms with Crippen LogP contribution >= 0.6 is 11.6 Å². The van der Waals surface area contributed by atoms with Gasteiger partial charge in [0, 0.05) is 21.7 Å². The van der Waals surface area contributed by atoms with E-state index in [9.17, 15) is 19.2 Å². The molecule has 3 aromatic carbocycles. The number of esters is 1. The molecule has 0 bridgehead atoms. The van der Waals surface area contributed by atoms with Gasteiger partial charge < -0.3 is 4.74 Å². The first-order chi connectivity index (χ1) is 15.7. The van der Waals surface area contributed by atoms with Gasteiger partial charge in [0.2, 0.25) is 5.78 Å². The fourth-order valence-electron chi connectivity index (χ4n) is 3.85. The van der Waals surface area contributed by atoms with Crippen LogP contribution in [-0.2, 0) is 4.74 Å². The van der Waals surface area contributed by atoms with Crippen LogP contribution in [0.15, 0.2) is 60.7 Å². The fourth-order valence-corrected chi connectivity index (χ4v) is 4.04. The van der Waals surface area contributed by atoms with E-state index in [1.807, 2.05) is 26.0 Å². The number of ketones is 3. The van der Waals surface area contributed by atoms with Crippen LogP contribution in [0.4, 0.5) is 0 Å². The van der Waals surface area contributed by atoms with Crippen molar-refractivity contribution < 1.29 is 23.9 Å². The van der Waals surface area contributed by atoms with Crippen LogP contribution in [-0.4, -0.2) is 29.4 Å². The third-order valence-electron chi connectivity index (χ3n) is 5.83. The van der Waals surface area contributed by atoms with Gasteiger partial charge in [-0.25, -0.2) is 4.79 Å². The highest BCUT2D eigenvalue weighted by Crippen LogP contribution is 2.36. The SMILES string of the molecule is Cc1ccc(C(=O)C(C)OC(=O)c2ccc3c(c2)C(=O)C(c2ccc(C)c(Cl)c2)C3=O)cc1. The van der Waals surface area contributed by atoms with E-state index in [2.05, 4.69) is 0 Å². The molecule has 0 radical (unpaired) electrons. The highest BCUT2D eigenvalue weighted by molar-refractivity contribution is 6.32. The quantitative estimate of drug-likeness (QED) is 0.283. The van der Waals surface area contributed by atoms with Crippen molar-refractivity contribution in [3.63, 3.8) is 0 Å². The molecule has 0 saturated carbocycles. The maximum absolute atomic E-state index is 13.1. The van der Waals surface area contributed by atoms with Crippen molar-refractivity contribution in [3.05, 3.63) is 105 Å². The summed E-state index contributed by atoms with van der Waals surface area (Å²) in [6.07, 6.45) is -1.01. The predicted molar refractivity (Wildman–Crippen MR) is 124 cm³/mol. The van der Waals surface area contributed by atoms with Gasteiger partial charge >= 0.3 is 5.97 Å². The monoisotopic (exact) mass is 460 g/mol. The van der Waals surface area contributed by atoms with Gasteiger partial charge in [0.05, 0.1) is 5.56 Å². The summed E-state index contributed by atoms with van der Waals surface area (Å²) in [6, 6.07) is 16.3. The van der Waals surface area contributed by atoms with E-state index < -0.39 is 23.8 Å². The van der Waals surface area contributed by atoms with Gasteiger partial charge in [-0.05, 0) is 56.2 Å². The first-order valence-electron chi connectivity index (χ1n) is 10.5. The minimum atomic E-state index is -1.01. The van der Waals surface area contributed by atoms with E-state index in [1.165, 1.54) is 25.1 Å². The Balaban J connectivity index is 1.55. The average molecular weight is 461 g/mol. The second-order valence-electron chi connectivity index (χ2n) is 8.21. The zero-order valence-corrected chi connectivity index (χ0v) is 19.1. The average Bonchev–Trinajstić information content (AvgIpc) is 3.05. The van der Waals surface area contributed by atoms with Gasteiger partial charge in [-0.3, -0.25) is 14.4 Å². The first kappa shape index (κ1) is 22.6. The Labute approximate surface area is 196 Å². The van der Waals surface area contributed by atoms with E-state index in [4.69, 9.17) is 16.3 Å². The zero-order chi connectivity index (χ0) is 23.9. The Morgan fingerprint density at radius 3 is 2.15 bits per heavy atom. The van der Waals surface area contributed by atoms with Crippen molar-refractivity contribution in [3.8, 4) is 0 Å². The van der Waals surface area contributed by atoms with Crippen LogP contribution in [0, 0.1) is 13.8 Å². The van der Waals surface area contributed by atoms with Crippen LogP contribution < -0.4 is 0 Å². The number of benzene rings is 3. The molecule has 2 unspecified atom stereocenters. The number of Topliss-reactive ketones (excluding diaryl/α,β-unsaturated/α-hetero) is 3. The van der Waals surface area contributed by atoms with Crippen molar-refractivity contribution >= 4 is 34.9 Å². The van der Waals surface area contributed by atoms with Crippen molar-refractivity contribution in [2.45, 2.75) is 32.8 Å². The molecule has 33 heavy (non-hydrogen) atoms. The van der Waals surface area contributed by atoms with Crippen LogP contribution in [0.1, 0.15) is 71.0 Å². The summed E-state index contributed by atoms with van der Waals surface area (Å²) in [6.45, 7) is 5.25. The molecule has 1 aliphatic carbocycles. The van der Waals surface area contributed by atoms with E-state index in [-0.39, 0.29) is 28.3 Å². The van der Waals surface area contributed by atoms with E-state index >= 15 is 0 Å². The Morgan fingerprint density at radius 2 is 1.48 bits per heavy atom. The molecule has 0 saturated heterocycles. The lowest BCUT2D eigenvalue weighted by Crippen LogP contribution is -2.24. The van der Waals surface area contributed by atoms with Crippen LogP contribution in [0.25, 0.3) is 0 Å². The minimum Gasteiger partial charge on any atom is -0.451 e. The molecule has 1 aliphatic rings. The van der Waals surface area contributed by atoms with Gasteiger partial charge in [-0.1, -0.05) is 53.6 Å². The predicted octanol–water partition coefficient (Wildman–Crippen LogP) is 5.55. The molecule has 0 aliphatic heterocycles. The number of rotatable bonds is 5. The van der Waals surface area contributed by atoms with Crippen LogP contribution in [0.3, 0.4) is 0 Å². The molecule has 6 heteroatoms. The third-order valence-corrected chi connectivity index (χ3v) is 6.24. The lowest BCUT2D eigenvalue weighted by Gasteiger charge is -2.13. The van der Waals surface area contributed by atoms with E-state index in [1.54, 1.807) is 30.3 Å². The first-order valence-corrected chi connectivity index (χ1v) is 10.9. The Hall–Kier alpha value is -3.57. The minimum absolute atomic E-state index is 0.0982. The normalized spacial score (nSPS) is 15.8. The lowest BCUT2D eigenvalue weighted by atomic mass is 9.93. The molecule has 2 atom stereocenters. The zero-order valence-electron chi connectivity index (χ0n) is 18.3. The molecule has 0 N–H and O–H groups in total. The lowest BCUT2D eigenvalue weighted by molar-refractivity contribution is 0.0318. The second-order valence-corrected chi connectivity index (χ2v) is 8.62. The molecule has 3 aromatic rings. The topological polar surface area (TPSA) is 77.5 Å². The van der Waals surface area contributed by atoms with Gasteiger partial charge in [0.1, 0.15) is 5.92 Å². The molecule has 0 heterocycles. The highest BCUT2D eigenvalue weighted by atomic mass is 35.5. The smallest absolute Gasteiger partial charge is 0.338 e. The number of hydrogen-bond donors (Lipinski definition) is 0. The number of carbonyl (C=O) groups is 4. The van der Waals surface area contributed by atoms with Crippen molar-refractivity contribution in [1.82, 2.24) is 0 Å². The molecular weight excluding hydrogens is 440 g/mol. The Morgan fingerprint density at radius 1 is 0.848 bits per heavy atom. The number of fused-ring (bicyclic) bond motifs is 1. The number of hydrogen-bond acceptors (Lipinski definition) is 5. The fraction of sp³-hybridized carbons (Fsp3) is 0.185. The number of aryl methyl sites for hydroxylation is 2. The van der Waals surface area contributed by atoms with Gasteiger partial charge in [-0.2, -0.15) is 0 Å². The highest BCUT2D eigenvalue weighted by Gasteiger charge is 2.40. The molecule has 166 valence electrons. The van der Waals surface area contributed by atoms with E-state index in [0.717, 1.165) is 11.1 Å². The number of ether oxygens (including phenoxy) is 1. The second kappa shape index (κ2) is 8.75. The maximum atomic E-state index is 13.1. The molecule has 5 nitrogen and oxygen atoms in total. The largest absolute Gasteiger partial charge is 0.451 e. The summed E-state index contributed by atoms with van der Waals surface area (Å²) in [7, 11) is 0. The van der Waals surface area contributed by atoms with E-state index in [0.29, 0.717) is 16.1 Å². The Kier molecular flexibility index (Phi) is 6.00. The Bertz CT molecular complexity index is 1310. The molecule has 4 rings (SSSR count). The molecule has 0 spiro atoms. The maximum Gasteiger partial charge on any atom is 0.338 e. The summed E-state index contributed by atoms with van der Waals surface area (Å²) in [5, 5.41) is 0.473. The van der Waals surface area contributed by atoms with Crippen LogP contribution in [0.2, 0.25) is 5.02 Å². The molecular formula is C27H21ClO5. The molecule has 0 amide bonds. The summed E-state index contributed by atoms with van der Waals surface area (Å²) in [4.78, 5) is 51.2. The van der Waals surface area contributed by atoms with Gasteiger partial charge in [-0.15, -0.1) is 0 Å². The standard InChI is InChI=1S/C27H21ClO5/c1-14-4-7-17(8-5-14)24(29)16(3)33-27(32)19-10-11-20-21(12-19)26(31)23(25(20)30)18-9-6-15(2)22(28)13-18/h4-13,16,23H,1-3H3.